The minimum atomic E-state index is -0.146. The number of nitrogens with zero attached hydrogens (tertiary/aromatic N) is 4. The van der Waals surface area contributed by atoms with Crippen molar-refractivity contribution in [1.82, 2.24) is 20.0 Å². The number of amides is 1. The van der Waals surface area contributed by atoms with Crippen molar-refractivity contribution in [3.05, 3.63) is 21.6 Å². The Hall–Kier alpha value is -1.80. The second-order valence-corrected chi connectivity index (χ2v) is 7.78. The number of hydrogen-bond donors (Lipinski definition) is 1. The van der Waals surface area contributed by atoms with Gasteiger partial charge in [-0.1, -0.05) is 25.2 Å². The number of anilines is 1. The number of thiophene rings is 1. The molecule has 0 aliphatic carbocycles. The summed E-state index contributed by atoms with van der Waals surface area (Å²) in [5.74, 6) is 0.360. The van der Waals surface area contributed by atoms with Crippen LogP contribution in [0.5, 0.6) is 0 Å². The van der Waals surface area contributed by atoms with Crippen molar-refractivity contribution in [3.63, 3.8) is 0 Å². The molecule has 0 aliphatic heterocycles. The van der Waals surface area contributed by atoms with E-state index >= 15 is 0 Å². The van der Waals surface area contributed by atoms with Crippen molar-refractivity contribution in [1.29, 1.82) is 0 Å². The Kier molecular flexibility index (Phi) is 3.96. The van der Waals surface area contributed by atoms with Gasteiger partial charge in [-0.15, -0.1) is 21.5 Å². The maximum atomic E-state index is 12.3. The van der Waals surface area contributed by atoms with E-state index in [2.05, 4.69) is 34.5 Å². The van der Waals surface area contributed by atoms with Crippen LogP contribution in [0.4, 0.5) is 5.13 Å². The van der Waals surface area contributed by atoms with Crippen molar-refractivity contribution < 1.29 is 4.79 Å². The van der Waals surface area contributed by atoms with E-state index in [9.17, 15) is 4.79 Å². The van der Waals surface area contributed by atoms with Gasteiger partial charge in [0.1, 0.15) is 9.84 Å². The fourth-order valence-electron chi connectivity index (χ4n) is 2.20. The van der Waals surface area contributed by atoms with Gasteiger partial charge < -0.3 is 0 Å². The van der Waals surface area contributed by atoms with Gasteiger partial charge in [0.2, 0.25) is 5.13 Å². The van der Waals surface area contributed by atoms with Crippen LogP contribution in [0.15, 0.2) is 6.07 Å². The molecule has 0 fully saturated rings. The average Bonchev–Trinajstić information content (AvgIpc) is 3.09. The maximum Gasteiger partial charge on any atom is 0.267 e. The summed E-state index contributed by atoms with van der Waals surface area (Å²) in [6.07, 6.45) is 0. The van der Waals surface area contributed by atoms with Gasteiger partial charge >= 0.3 is 0 Å². The minimum absolute atomic E-state index is 0.146. The number of fused-ring (bicyclic) bond motifs is 1. The summed E-state index contributed by atoms with van der Waals surface area (Å²) in [7, 11) is 0. The van der Waals surface area contributed by atoms with Crippen LogP contribution < -0.4 is 5.32 Å². The van der Waals surface area contributed by atoms with E-state index in [0.717, 1.165) is 27.5 Å². The van der Waals surface area contributed by atoms with Gasteiger partial charge in [0.15, 0.2) is 0 Å². The van der Waals surface area contributed by atoms with Crippen LogP contribution in [0, 0.1) is 19.8 Å². The lowest BCUT2D eigenvalue weighted by Crippen LogP contribution is -2.10. The molecular formula is C14H17N5OS2. The van der Waals surface area contributed by atoms with E-state index in [1.807, 2.05) is 24.6 Å². The monoisotopic (exact) mass is 335 g/mol. The molecule has 116 valence electrons. The summed E-state index contributed by atoms with van der Waals surface area (Å²) < 4.78 is 1.99. The topological polar surface area (TPSA) is 72.7 Å². The molecule has 3 rings (SSSR count). The first kappa shape index (κ1) is 15.1. The van der Waals surface area contributed by atoms with E-state index < -0.39 is 0 Å². The number of nitrogens with one attached hydrogen (secondary N) is 1. The molecule has 0 atom stereocenters. The van der Waals surface area contributed by atoms with Crippen molar-refractivity contribution in [2.45, 2.75) is 34.2 Å². The van der Waals surface area contributed by atoms with Gasteiger partial charge in [0.25, 0.3) is 5.91 Å². The van der Waals surface area contributed by atoms with E-state index in [0.29, 0.717) is 15.9 Å². The molecule has 8 heteroatoms. The molecule has 3 heterocycles. The van der Waals surface area contributed by atoms with Gasteiger partial charge in [0.05, 0.1) is 10.6 Å². The lowest BCUT2D eigenvalue weighted by molar-refractivity contribution is 0.103. The first-order valence-electron chi connectivity index (χ1n) is 7.02. The summed E-state index contributed by atoms with van der Waals surface area (Å²) in [5, 5.41) is 17.6. The molecule has 0 saturated carbocycles. The Labute approximate surface area is 136 Å². The van der Waals surface area contributed by atoms with Crippen LogP contribution in [0.2, 0.25) is 0 Å². The molecule has 0 aromatic carbocycles. The molecular weight excluding hydrogens is 318 g/mol. The highest BCUT2D eigenvalue weighted by Crippen LogP contribution is 2.29. The molecule has 1 amide bonds. The lowest BCUT2D eigenvalue weighted by Gasteiger charge is -2.04. The van der Waals surface area contributed by atoms with Gasteiger partial charge in [-0.05, 0) is 25.8 Å². The van der Waals surface area contributed by atoms with Crippen LogP contribution in [0.25, 0.3) is 10.2 Å². The minimum Gasteiger partial charge on any atom is -0.296 e. The van der Waals surface area contributed by atoms with Crippen LogP contribution in [-0.2, 0) is 6.54 Å². The summed E-state index contributed by atoms with van der Waals surface area (Å²) >= 11 is 2.83. The van der Waals surface area contributed by atoms with Crippen LogP contribution in [0.1, 0.15) is 34.2 Å². The number of carbonyl (C=O) groups is 1. The summed E-state index contributed by atoms with van der Waals surface area (Å²) in [6, 6.07) is 1.91. The molecule has 0 aliphatic rings. The number of hydrogen-bond acceptors (Lipinski definition) is 6. The number of carbonyl (C=O) groups excluding carboxylic acids is 1. The second-order valence-electron chi connectivity index (χ2n) is 5.57. The maximum absolute atomic E-state index is 12.3. The van der Waals surface area contributed by atoms with Crippen molar-refractivity contribution in [2.24, 2.45) is 5.92 Å². The van der Waals surface area contributed by atoms with Crippen molar-refractivity contribution in [2.75, 3.05) is 5.32 Å². The molecule has 0 unspecified atom stereocenters. The largest absolute Gasteiger partial charge is 0.296 e. The third kappa shape index (κ3) is 2.89. The molecule has 0 spiro atoms. The molecule has 1 N–H and O–H groups in total. The molecule has 22 heavy (non-hydrogen) atoms. The van der Waals surface area contributed by atoms with Crippen LogP contribution >= 0.6 is 22.7 Å². The Bertz CT molecular complexity index is 830. The number of rotatable bonds is 4. The predicted molar refractivity (Wildman–Crippen MR) is 89.8 cm³/mol. The van der Waals surface area contributed by atoms with Gasteiger partial charge in [-0.2, -0.15) is 5.10 Å². The summed E-state index contributed by atoms with van der Waals surface area (Å²) in [4.78, 5) is 14.1. The molecule has 0 bridgehead atoms. The number of aromatic nitrogens is 4. The predicted octanol–water partition coefficient (Wildman–Crippen LogP) is 3.47. The van der Waals surface area contributed by atoms with Crippen molar-refractivity contribution in [3.8, 4) is 0 Å². The third-order valence-electron chi connectivity index (χ3n) is 3.12. The van der Waals surface area contributed by atoms with E-state index in [1.54, 1.807) is 0 Å². The summed E-state index contributed by atoms with van der Waals surface area (Å²) in [6.45, 7) is 8.99. The zero-order chi connectivity index (χ0) is 15.9. The summed E-state index contributed by atoms with van der Waals surface area (Å²) in [5.41, 5.74) is 0.956. The second kappa shape index (κ2) is 5.77. The highest BCUT2D eigenvalue weighted by molar-refractivity contribution is 7.20. The first-order chi connectivity index (χ1) is 10.4. The Morgan fingerprint density at radius 3 is 2.73 bits per heavy atom. The van der Waals surface area contributed by atoms with E-state index in [1.165, 1.54) is 22.7 Å². The average molecular weight is 335 g/mol. The highest BCUT2D eigenvalue weighted by Gasteiger charge is 2.17. The molecule has 6 nitrogen and oxygen atoms in total. The Morgan fingerprint density at radius 1 is 1.32 bits per heavy atom. The van der Waals surface area contributed by atoms with Gasteiger partial charge in [0, 0.05) is 11.9 Å². The third-order valence-corrected chi connectivity index (χ3v) is 5.02. The normalized spacial score (nSPS) is 11.5. The van der Waals surface area contributed by atoms with E-state index in [-0.39, 0.29) is 5.91 Å². The Morgan fingerprint density at radius 2 is 2.09 bits per heavy atom. The van der Waals surface area contributed by atoms with Gasteiger partial charge in [-0.25, -0.2) is 0 Å². The molecule has 3 aromatic rings. The van der Waals surface area contributed by atoms with Gasteiger partial charge in [-0.3, -0.25) is 14.8 Å². The zero-order valence-corrected chi connectivity index (χ0v) is 14.5. The quantitative estimate of drug-likeness (QED) is 0.792. The highest BCUT2D eigenvalue weighted by atomic mass is 32.1. The first-order valence-corrected chi connectivity index (χ1v) is 8.65. The smallest absolute Gasteiger partial charge is 0.267 e. The van der Waals surface area contributed by atoms with Crippen LogP contribution in [0.3, 0.4) is 0 Å². The Balaban J connectivity index is 1.89. The van der Waals surface area contributed by atoms with E-state index in [4.69, 9.17) is 0 Å². The fourth-order valence-corrected chi connectivity index (χ4v) is 3.85. The molecule has 0 saturated heterocycles. The van der Waals surface area contributed by atoms with Crippen molar-refractivity contribution >= 4 is 43.9 Å². The molecule has 0 radical (unpaired) electrons. The number of aryl methyl sites for hydroxylation is 2. The molecule has 3 aromatic heterocycles. The fraction of sp³-hybridized carbons (Fsp3) is 0.429. The SMILES string of the molecule is Cc1nnc(NC(=O)c2cc3c(C)nn(CC(C)C)c3s2)s1. The standard InChI is InChI=1S/C14H17N5OS2/c1-7(2)6-19-13-10(8(3)18-19)5-11(22-13)12(20)15-14-17-16-9(4)21-14/h5,7H,6H2,1-4H3,(H,15,17,20). The lowest BCUT2D eigenvalue weighted by atomic mass is 10.2. The zero-order valence-electron chi connectivity index (χ0n) is 12.9. The van der Waals surface area contributed by atoms with Crippen LogP contribution in [-0.4, -0.2) is 25.9 Å².